The van der Waals surface area contributed by atoms with Crippen LogP contribution in [0.4, 0.5) is 0 Å². The molecule has 0 spiro atoms. The van der Waals surface area contributed by atoms with Gasteiger partial charge >= 0.3 is 5.97 Å². The highest BCUT2D eigenvalue weighted by molar-refractivity contribution is 5.78. The van der Waals surface area contributed by atoms with E-state index in [1.807, 2.05) is 30.3 Å². The maximum atomic E-state index is 12.7. The molecule has 142 valence electrons. The maximum absolute atomic E-state index is 12.7. The van der Waals surface area contributed by atoms with Crippen LogP contribution < -0.4 is 0 Å². The van der Waals surface area contributed by atoms with Gasteiger partial charge in [-0.1, -0.05) is 43.7 Å². The summed E-state index contributed by atoms with van der Waals surface area (Å²) in [5.74, 6) is -0.898. The van der Waals surface area contributed by atoms with Gasteiger partial charge in [-0.05, 0) is 12.0 Å². The SMILES string of the molecule is CCCC[N+]1(C)[C@H]2CC(OC(=O)[C@H](CO)c3ccccc3)C[C@H]1[C@H]1O[C@H]12. The first-order valence-electron chi connectivity index (χ1n) is 9.95. The van der Waals surface area contributed by atoms with Crippen molar-refractivity contribution < 1.29 is 23.9 Å². The van der Waals surface area contributed by atoms with Gasteiger partial charge < -0.3 is 19.1 Å². The van der Waals surface area contributed by atoms with E-state index < -0.39 is 5.92 Å². The molecule has 5 heteroatoms. The smallest absolute Gasteiger partial charge is 0.316 e. The predicted octanol–water partition coefficient (Wildman–Crippen LogP) is 2.23. The molecule has 0 saturated carbocycles. The fourth-order valence-corrected chi connectivity index (χ4v) is 5.23. The van der Waals surface area contributed by atoms with Crippen molar-refractivity contribution >= 4 is 5.97 Å². The number of unbranched alkanes of at least 4 members (excludes halogenated alkanes) is 1. The van der Waals surface area contributed by atoms with Gasteiger partial charge in [0.2, 0.25) is 0 Å². The number of hydrogen-bond donors (Lipinski definition) is 1. The zero-order valence-electron chi connectivity index (χ0n) is 15.7. The Hall–Kier alpha value is -1.43. The van der Waals surface area contributed by atoms with Crippen LogP contribution in [-0.4, -0.2) is 66.2 Å². The average Bonchev–Trinajstić information content (AvgIpc) is 3.40. The van der Waals surface area contributed by atoms with E-state index in [2.05, 4.69) is 14.0 Å². The second-order valence-corrected chi connectivity index (χ2v) is 8.30. The van der Waals surface area contributed by atoms with Gasteiger partial charge in [0, 0.05) is 12.8 Å². The summed E-state index contributed by atoms with van der Waals surface area (Å²) in [5, 5.41) is 9.70. The zero-order chi connectivity index (χ0) is 18.3. The van der Waals surface area contributed by atoms with E-state index in [4.69, 9.17) is 9.47 Å². The molecule has 26 heavy (non-hydrogen) atoms. The minimum Gasteiger partial charge on any atom is -0.461 e. The van der Waals surface area contributed by atoms with Gasteiger partial charge in [0.05, 0.1) is 20.2 Å². The number of morpholine rings is 1. The third-order valence-corrected chi connectivity index (χ3v) is 6.79. The molecule has 3 fully saturated rings. The number of likely N-dealkylation sites (N-methyl/N-ethyl adjacent to an activating group) is 1. The second-order valence-electron chi connectivity index (χ2n) is 8.30. The Labute approximate surface area is 155 Å². The summed E-state index contributed by atoms with van der Waals surface area (Å²) in [6, 6.07) is 10.3. The van der Waals surface area contributed by atoms with Gasteiger partial charge in [0.1, 0.15) is 36.3 Å². The minimum atomic E-state index is -0.595. The van der Waals surface area contributed by atoms with E-state index in [1.165, 1.54) is 19.4 Å². The first kappa shape index (κ1) is 18.0. The Balaban J connectivity index is 1.42. The van der Waals surface area contributed by atoms with Crippen molar-refractivity contribution in [3.8, 4) is 0 Å². The Morgan fingerprint density at radius 1 is 1.27 bits per heavy atom. The van der Waals surface area contributed by atoms with Crippen molar-refractivity contribution in [3.05, 3.63) is 35.9 Å². The maximum Gasteiger partial charge on any atom is 0.316 e. The average molecular weight is 360 g/mol. The number of ether oxygens (including phenoxy) is 2. The highest BCUT2D eigenvalue weighted by atomic mass is 16.6. The standard InChI is InChI=1S/C21H30NO4/c1-3-4-10-22(2)17-11-15(12-18(22)20-19(17)26-20)25-21(24)16(13-23)14-8-6-5-7-9-14/h5-9,15-20,23H,3-4,10-13H2,1-2H3/q+1/t15?,16-,17+,18+,19-,20+,22?/m1/s1. The number of aliphatic hydroxyl groups is 1. The van der Waals surface area contributed by atoms with Gasteiger partial charge in [-0.25, -0.2) is 0 Å². The molecule has 4 rings (SSSR count). The Bertz CT molecular complexity index is 631. The fraction of sp³-hybridized carbons (Fsp3) is 0.667. The van der Waals surface area contributed by atoms with Crippen LogP contribution in [0.15, 0.2) is 30.3 Å². The number of rotatable bonds is 7. The van der Waals surface area contributed by atoms with Crippen molar-refractivity contribution in [1.29, 1.82) is 0 Å². The van der Waals surface area contributed by atoms with Crippen molar-refractivity contribution in [3.63, 3.8) is 0 Å². The molecule has 0 radical (unpaired) electrons. The number of carbonyl (C=O) groups excluding carboxylic acids is 1. The van der Waals surface area contributed by atoms with Gasteiger partial charge in [-0.2, -0.15) is 0 Å². The van der Waals surface area contributed by atoms with Crippen molar-refractivity contribution in [2.75, 3.05) is 20.2 Å². The number of esters is 1. The second kappa shape index (κ2) is 6.95. The lowest BCUT2D eigenvalue weighted by molar-refractivity contribution is -0.956. The molecule has 0 amide bonds. The van der Waals surface area contributed by atoms with Crippen molar-refractivity contribution in [2.24, 2.45) is 0 Å². The first-order chi connectivity index (χ1) is 12.6. The van der Waals surface area contributed by atoms with Crippen LogP contribution in [0.25, 0.3) is 0 Å². The molecule has 3 aliphatic heterocycles. The fourth-order valence-electron chi connectivity index (χ4n) is 5.23. The van der Waals surface area contributed by atoms with E-state index >= 15 is 0 Å². The molecule has 5 nitrogen and oxygen atoms in total. The van der Waals surface area contributed by atoms with E-state index in [0.29, 0.717) is 24.3 Å². The van der Waals surface area contributed by atoms with Crippen LogP contribution in [-0.2, 0) is 14.3 Å². The lowest BCUT2D eigenvalue weighted by Crippen LogP contribution is -2.62. The van der Waals surface area contributed by atoms with Gasteiger partial charge in [0.25, 0.3) is 0 Å². The predicted molar refractivity (Wildman–Crippen MR) is 97.6 cm³/mol. The number of fused-ring (bicyclic) bond motifs is 5. The van der Waals surface area contributed by atoms with Gasteiger partial charge in [-0.3, -0.25) is 4.79 Å². The molecule has 1 N–H and O–H groups in total. The van der Waals surface area contributed by atoms with Crippen LogP contribution in [0.2, 0.25) is 0 Å². The molecule has 0 aromatic heterocycles. The molecule has 1 aromatic carbocycles. The lowest BCUT2D eigenvalue weighted by Gasteiger charge is -2.48. The van der Waals surface area contributed by atoms with E-state index in [0.717, 1.165) is 22.9 Å². The zero-order valence-corrected chi connectivity index (χ0v) is 15.7. The monoisotopic (exact) mass is 360 g/mol. The molecule has 7 atom stereocenters. The summed E-state index contributed by atoms with van der Waals surface area (Å²) < 4.78 is 12.9. The summed E-state index contributed by atoms with van der Waals surface area (Å²) in [5.41, 5.74) is 0.813. The number of quaternary nitrogens is 1. The third-order valence-electron chi connectivity index (χ3n) is 6.79. The highest BCUT2D eigenvalue weighted by Gasteiger charge is 2.71. The van der Waals surface area contributed by atoms with E-state index in [-0.39, 0.29) is 18.7 Å². The molecule has 2 unspecified atom stereocenters. The molecular formula is C21H30NO4+. The number of hydrogen-bond acceptors (Lipinski definition) is 4. The summed E-state index contributed by atoms with van der Waals surface area (Å²) in [7, 11) is 2.36. The lowest BCUT2D eigenvalue weighted by atomic mass is 9.94. The molecule has 3 heterocycles. The first-order valence-corrected chi connectivity index (χ1v) is 9.95. The number of piperidine rings is 1. The van der Waals surface area contributed by atoms with Gasteiger partial charge in [0.15, 0.2) is 0 Å². The molecule has 0 aliphatic carbocycles. The topological polar surface area (TPSA) is 59.1 Å². The van der Waals surface area contributed by atoms with Crippen LogP contribution in [0.3, 0.4) is 0 Å². The summed E-state index contributed by atoms with van der Waals surface area (Å²) in [6.45, 7) is 3.20. The molecule has 2 bridgehead atoms. The number of aliphatic hydroxyl groups excluding tert-OH is 1. The Kier molecular flexibility index (Phi) is 4.80. The Morgan fingerprint density at radius 3 is 2.50 bits per heavy atom. The normalized spacial score (nSPS) is 38.5. The minimum absolute atomic E-state index is 0.0560. The highest BCUT2D eigenvalue weighted by Crippen LogP contribution is 2.52. The number of epoxide rings is 1. The van der Waals surface area contributed by atoms with E-state index in [9.17, 15) is 9.90 Å². The van der Waals surface area contributed by atoms with Crippen LogP contribution in [0.5, 0.6) is 0 Å². The third kappa shape index (κ3) is 2.96. The quantitative estimate of drug-likeness (QED) is 0.460. The van der Waals surface area contributed by atoms with Crippen LogP contribution in [0.1, 0.15) is 44.1 Å². The van der Waals surface area contributed by atoms with Crippen molar-refractivity contribution in [1.82, 2.24) is 0 Å². The van der Waals surface area contributed by atoms with Crippen molar-refractivity contribution in [2.45, 2.75) is 68.9 Å². The van der Waals surface area contributed by atoms with E-state index in [1.54, 1.807) is 0 Å². The molecule has 3 saturated heterocycles. The number of benzene rings is 1. The Morgan fingerprint density at radius 2 is 1.92 bits per heavy atom. The summed E-state index contributed by atoms with van der Waals surface area (Å²) in [6.07, 6.45) is 4.83. The van der Waals surface area contributed by atoms with Gasteiger partial charge in [-0.15, -0.1) is 0 Å². The molecular weight excluding hydrogens is 330 g/mol. The van der Waals surface area contributed by atoms with Crippen LogP contribution >= 0.6 is 0 Å². The molecule has 3 aliphatic rings. The molecule has 1 aromatic rings. The van der Waals surface area contributed by atoms with Crippen LogP contribution in [0, 0.1) is 0 Å². The summed E-state index contributed by atoms with van der Waals surface area (Å²) >= 11 is 0. The number of carbonyl (C=O) groups is 1. The number of nitrogens with zero attached hydrogens (tertiary/aromatic N) is 1. The largest absolute Gasteiger partial charge is 0.461 e. The summed E-state index contributed by atoms with van der Waals surface area (Å²) in [4.78, 5) is 12.7.